The van der Waals surface area contributed by atoms with Crippen LogP contribution in [0.5, 0.6) is 0 Å². The number of anilines is 1. The Morgan fingerprint density at radius 2 is 2.11 bits per heavy atom. The lowest BCUT2D eigenvalue weighted by molar-refractivity contribution is 0.263. The van der Waals surface area contributed by atoms with Gasteiger partial charge in [0, 0.05) is 13.2 Å². The molecule has 0 amide bonds. The highest BCUT2D eigenvalue weighted by Gasteiger charge is 2.19. The Hall–Kier alpha value is -0.820. The molecule has 7 heteroatoms. The topological polar surface area (TPSA) is 92.4 Å². The number of nitrogen functional groups attached to an aromatic ring is 1. The second-order valence-electron chi connectivity index (χ2n) is 4.61. The van der Waals surface area contributed by atoms with Crippen molar-refractivity contribution in [1.29, 1.82) is 0 Å². The number of sulfonamides is 1. The summed E-state index contributed by atoms with van der Waals surface area (Å²) in [6, 6.07) is 2.89. The van der Waals surface area contributed by atoms with Gasteiger partial charge in [-0.3, -0.25) is 0 Å². The SMILES string of the molecule is Cc1cc(Cl)c(N)cc1S(=O)(=O)NCC(C)CCO. The van der Waals surface area contributed by atoms with E-state index in [4.69, 9.17) is 22.4 Å². The predicted molar refractivity (Wildman–Crippen MR) is 76.7 cm³/mol. The zero-order chi connectivity index (χ0) is 14.6. The first-order valence-corrected chi connectivity index (χ1v) is 7.80. The van der Waals surface area contributed by atoms with Crippen LogP contribution in [0.15, 0.2) is 17.0 Å². The van der Waals surface area contributed by atoms with Crippen LogP contribution in [0.4, 0.5) is 5.69 Å². The van der Waals surface area contributed by atoms with Gasteiger partial charge in [-0.15, -0.1) is 0 Å². The molecular weight excluding hydrogens is 288 g/mol. The third-order valence-corrected chi connectivity index (χ3v) is 4.72. The van der Waals surface area contributed by atoms with Gasteiger partial charge in [-0.05, 0) is 37.0 Å². The summed E-state index contributed by atoms with van der Waals surface area (Å²) in [5, 5.41) is 9.12. The molecule has 1 atom stereocenters. The van der Waals surface area contributed by atoms with Crippen molar-refractivity contribution >= 4 is 27.3 Å². The van der Waals surface area contributed by atoms with E-state index in [0.717, 1.165) is 0 Å². The molecule has 1 aromatic rings. The van der Waals surface area contributed by atoms with Gasteiger partial charge in [0.15, 0.2) is 0 Å². The Bertz CT molecular complexity index is 546. The van der Waals surface area contributed by atoms with Gasteiger partial charge >= 0.3 is 0 Å². The molecule has 5 nitrogen and oxygen atoms in total. The first kappa shape index (κ1) is 16.2. The molecule has 0 radical (unpaired) electrons. The van der Waals surface area contributed by atoms with Crippen molar-refractivity contribution in [3.05, 3.63) is 22.7 Å². The fourth-order valence-corrected chi connectivity index (χ4v) is 3.25. The highest BCUT2D eigenvalue weighted by molar-refractivity contribution is 7.89. The maximum absolute atomic E-state index is 12.2. The van der Waals surface area contributed by atoms with Crippen LogP contribution in [-0.4, -0.2) is 26.7 Å². The van der Waals surface area contributed by atoms with Gasteiger partial charge in [-0.25, -0.2) is 13.1 Å². The first-order valence-electron chi connectivity index (χ1n) is 5.94. The predicted octanol–water partition coefficient (Wildman–Crippen LogP) is 1.53. The lowest BCUT2D eigenvalue weighted by Crippen LogP contribution is -2.29. The number of halogens is 1. The van der Waals surface area contributed by atoms with Crippen molar-refractivity contribution in [2.45, 2.75) is 25.2 Å². The van der Waals surface area contributed by atoms with E-state index < -0.39 is 10.0 Å². The average Bonchev–Trinajstić information content (AvgIpc) is 2.31. The summed E-state index contributed by atoms with van der Waals surface area (Å²) in [6.07, 6.45) is 0.546. The molecule has 0 heterocycles. The number of hydrogen-bond donors (Lipinski definition) is 3. The number of rotatable bonds is 6. The lowest BCUT2D eigenvalue weighted by Gasteiger charge is -2.14. The Balaban J connectivity index is 2.92. The number of aryl methyl sites for hydroxylation is 1. The molecule has 0 aliphatic rings. The third-order valence-electron chi connectivity index (χ3n) is 2.83. The Morgan fingerprint density at radius 1 is 1.47 bits per heavy atom. The highest BCUT2D eigenvalue weighted by atomic mass is 35.5. The molecule has 0 aliphatic heterocycles. The molecule has 1 rings (SSSR count). The number of benzene rings is 1. The molecule has 19 heavy (non-hydrogen) atoms. The second kappa shape index (κ2) is 6.56. The molecule has 0 aliphatic carbocycles. The minimum Gasteiger partial charge on any atom is -0.397 e. The number of aliphatic hydroxyl groups excluding tert-OH is 1. The Kier molecular flexibility index (Phi) is 5.61. The van der Waals surface area contributed by atoms with Crippen molar-refractivity contribution in [2.24, 2.45) is 5.92 Å². The van der Waals surface area contributed by atoms with Crippen molar-refractivity contribution < 1.29 is 13.5 Å². The Morgan fingerprint density at radius 3 is 2.68 bits per heavy atom. The van der Waals surface area contributed by atoms with Gasteiger partial charge in [0.05, 0.1) is 15.6 Å². The third kappa shape index (κ3) is 4.35. The van der Waals surface area contributed by atoms with Crippen molar-refractivity contribution in [3.8, 4) is 0 Å². The number of aliphatic hydroxyl groups is 1. The quantitative estimate of drug-likeness (QED) is 0.695. The van der Waals surface area contributed by atoms with Crippen LogP contribution in [0.2, 0.25) is 5.02 Å². The first-order chi connectivity index (χ1) is 8.77. The smallest absolute Gasteiger partial charge is 0.240 e. The van der Waals surface area contributed by atoms with E-state index in [2.05, 4.69) is 4.72 Å². The van der Waals surface area contributed by atoms with E-state index in [0.29, 0.717) is 17.0 Å². The summed E-state index contributed by atoms with van der Waals surface area (Å²) in [4.78, 5) is 0.130. The molecule has 108 valence electrons. The van der Waals surface area contributed by atoms with Crippen molar-refractivity contribution in [2.75, 3.05) is 18.9 Å². The van der Waals surface area contributed by atoms with Crippen LogP contribution in [0.3, 0.4) is 0 Å². The van der Waals surface area contributed by atoms with Crippen LogP contribution in [0, 0.1) is 12.8 Å². The molecule has 0 spiro atoms. The number of nitrogens with one attached hydrogen (secondary N) is 1. The van der Waals surface area contributed by atoms with Crippen LogP contribution < -0.4 is 10.5 Å². The minimum atomic E-state index is -3.61. The van der Waals surface area contributed by atoms with Crippen LogP contribution >= 0.6 is 11.6 Å². The zero-order valence-corrected chi connectivity index (χ0v) is 12.6. The van der Waals surface area contributed by atoms with Crippen LogP contribution in [0.25, 0.3) is 0 Å². The normalized spacial score (nSPS) is 13.5. The van der Waals surface area contributed by atoms with E-state index in [1.54, 1.807) is 6.92 Å². The summed E-state index contributed by atoms with van der Waals surface area (Å²) in [5.41, 5.74) is 6.41. The van der Waals surface area contributed by atoms with Gasteiger partial charge in [-0.2, -0.15) is 0 Å². The van der Waals surface area contributed by atoms with Gasteiger partial charge < -0.3 is 10.8 Å². The van der Waals surface area contributed by atoms with Gasteiger partial charge in [0.1, 0.15) is 0 Å². The van der Waals surface area contributed by atoms with E-state index in [1.807, 2.05) is 6.92 Å². The molecule has 0 aromatic heterocycles. The molecule has 0 fully saturated rings. The van der Waals surface area contributed by atoms with Crippen molar-refractivity contribution in [1.82, 2.24) is 4.72 Å². The summed E-state index contributed by atoms with van der Waals surface area (Å²) in [5.74, 6) is 0.0599. The highest BCUT2D eigenvalue weighted by Crippen LogP contribution is 2.26. The zero-order valence-electron chi connectivity index (χ0n) is 11.0. The fraction of sp³-hybridized carbons (Fsp3) is 0.500. The average molecular weight is 307 g/mol. The largest absolute Gasteiger partial charge is 0.397 e. The van der Waals surface area contributed by atoms with Crippen LogP contribution in [-0.2, 0) is 10.0 Å². The maximum atomic E-state index is 12.2. The summed E-state index contributed by atoms with van der Waals surface area (Å²) in [7, 11) is -3.61. The molecule has 0 bridgehead atoms. The lowest BCUT2D eigenvalue weighted by atomic mass is 10.1. The van der Waals surface area contributed by atoms with E-state index in [9.17, 15) is 8.42 Å². The summed E-state index contributed by atoms with van der Waals surface area (Å²) in [6.45, 7) is 3.83. The van der Waals surface area contributed by atoms with Gasteiger partial charge in [0.25, 0.3) is 0 Å². The molecule has 1 unspecified atom stereocenters. The van der Waals surface area contributed by atoms with Crippen molar-refractivity contribution in [3.63, 3.8) is 0 Å². The maximum Gasteiger partial charge on any atom is 0.240 e. The molecule has 4 N–H and O–H groups in total. The second-order valence-corrected chi connectivity index (χ2v) is 6.75. The number of nitrogens with two attached hydrogens (primary N) is 1. The fourth-order valence-electron chi connectivity index (χ4n) is 1.61. The number of hydrogen-bond acceptors (Lipinski definition) is 4. The molecule has 1 aromatic carbocycles. The van der Waals surface area contributed by atoms with Gasteiger partial charge in [0.2, 0.25) is 10.0 Å². The standard InChI is InChI=1S/C12H19ClN2O3S/c1-8(3-4-16)7-15-19(17,18)12-6-11(14)10(13)5-9(12)2/h5-6,8,15-16H,3-4,7,14H2,1-2H3. The molecule has 0 saturated carbocycles. The summed E-state index contributed by atoms with van der Waals surface area (Å²) < 4.78 is 26.8. The van der Waals surface area contributed by atoms with E-state index >= 15 is 0 Å². The van der Waals surface area contributed by atoms with E-state index in [-0.39, 0.29) is 29.7 Å². The summed E-state index contributed by atoms with van der Waals surface area (Å²) >= 11 is 5.84. The minimum absolute atomic E-state index is 0.0375. The molecule has 0 saturated heterocycles. The monoisotopic (exact) mass is 306 g/mol. The van der Waals surface area contributed by atoms with Crippen LogP contribution in [0.1, 0.15) is 18.9 Å². The van der Waals surface area contributed by atoms with Gasteiger partial charge in [-0.1, -0.05) is 18.5 Å². The Labute approximate surface area is 118 Å². The molecular formula is C12H19ClN2O3S. The van der Waals surface area contributed by atoms with E-state index in [1.165, 1.54) is 12.1 Å².